The molecular formula is C19H19BrN2OS. The number of carbonyl (C=O) groups is 1. The Morgan fingerprint density at radius 1 is 1.21 bits per heavy atom. The number of halogens is 1. The lowest BCUT2D eigenvalue weighted by Gasteiger charge is -2.13. The van der Waals surface area contributed by atoms with E-state index in [0.717, 1.165) is 21.4 Å². The molecule has 0 spiro atoms. The third kappa shape index (κ3) is 4.65. The molecule has 3 aromatic rings. The number of thiazole rings is 1. The lowest BCUT2D eigenvalue weighted by molar-refractivity contribution is -0.121. The van der Waals surface area contributed by atoms with Gasteiger partial charge < -0.3 is 5.32 Å². The molecule has 0 bridgehead atoms. The highest BCUT2D eigenvalue weighted by Gasteiger charge is 2.10. The summed E-state index contributed by atoms with van der Waals surface area (Å²) >= 11 is 5.10. The number of fused-ring (bicyclic) bond motifs is 1. The average molecular weight is 403 g/mol. The number of benzene rings is 2. The highest BCUT2D eigenvalue weighted by atomic mass is 79.9. The van der Waals surface area contributed by atoms with E-state index < -0.39 is 0 Å². The zero-order valence-electron chi connectivity index (χ0n) is 13.5. The molecule has 0 aliphatic carbocycles. The predicted molar refractivity (Wildman–Crippen MR) is 103 cm³/mol. The zero-order valence-corrected chi connectivity index (χ0v) is 15.9. The van der Waals surface area contributed by atoms with E-state index in [1.165, 1.54) is 10.3 Å². The van der Waals surface area contributed by atoms with Crippen LogP contribution >= 0.6 is 27.3 Å². The predicted octanol–water partition coefficient (Wildman–Crippen LogP) is 4.74. The van der Waals surface area contributed by atoms with Crippen molar-refractivity contribution in [3.8, 4) is 0 Å². The highest BCUT2D eigenvalue weighted by molar-refractivity contribution is 9.10. The van der Waals surface area contributed by atoms with Crippen molar-refractivity contribution in [1.82, 2.24) is 10.3 Å². The fourth-order valence-electron chi connectivity index (χ4n) is 2.62. The van der Waals surface area contributed by atoms with Gasteiger partial charge in [-0.15, -0.1) is 11.3 Å². The Hall–Kier alpha value is -1.72. The van der Waals surface area contributed by atoms with Crippen LogP contribution in [0.25, 0.3) is 10.2 Å². The lowest BCUT2D eigenvalue weighted by atomic mass is 10.1. The molecule has 0 radical (unpaired) electrons. The minimum Gasteiger partial charge on any atom is -0.353 e. The first-order valence-corrected chi connectivity index (χ1v) is 9.59. The standard InChI is InChI=1S/C19H19BrN2OS/c1-13(12-14-6-8-15(20)9-7-14)21-18(23)10-11-19-22-16-4-2-3-5-17(16)24-19/h2-9,13H,10-12H2,1H3,(H,21,23). The summed E-state index contributed by atoms with van der Waals surface area (Å²) in [4.78, 5) is 16.7. The number of rotatable bonds is 6. The summed E-state index contributed by atoms with van der Waals surface area (Å²) in [5, 5.41) is 4.09. The molecule has 1 heterocycles. The first-order chi connectivity index (χ1) is 11.6. The SMILES string of the molecule is CC(Cc1ccc(Br)cc1)NC(=O)CCc1nc2ccccc2s1. The van der Waals surface area contributed by atoms with Crippen molar-refractivity contribution in [1.29, 1.82) is 0 Å². The van der Waals surface area contributed by atoms with Crippen molar-refractivity contribution in [2.24, 2.45) is 0 Å². The van der Waals surface area contributed by atoms with Crippen LogP contribution in [0.5, 0.6) is 0 Å². The number of amides is 1. The summed E-state index contributed by atoms with van der Waals surface area (Å²) in [6.07, 6.45) is 2.00. The van der Waals surface area contributed by atoms with Gasteiger partial charge in [-0.3, -0.25) is 4.79 Å². The maximum Gasteiger partial charge on any atom is 0.220 e. The molecule has 0 saturated heterocycles. The number of aromatic nitrogens is 1. The number of carbonyl (C=O) groups excluding carboxylic acids is 1. The second-order valence-corrected chi connectivity index (χ2v) is 7.91. The van der Waals surface area contributed by atoms with Gasteiger partial charge in [-0.2, -0.15) is 0 Å². The van der Waals surface area contributed by atoms with Crippen LogP contribution in [0.1, 0.15) is 23.9 Å². The van der Waals surface area contributed by atoms with E-state index in [2.05, 4.69) is 44.4 Å². The van der Waals surface area contributed by atoms with Crippen LogP contribution in [-0.4, -0.2) is 16.9 Å². The molecular weight excluding hydrogens is 384 g/mol. The first-order valence-electron chi connectivity index (χ1n) is 7.98. The van der Waals surface area contributed by atoms with E-state index in [1.54, 1.807) is 11.3 Å². The third-order valence-corrected chi connectivity index (χ3v) is 5.39. The average Bonchev–Trinajstić information content (AvgIpc) is 2.98. The van der Waals surface area contributed by atoms with Crippen LogP contribution in [0.4, 0.5) is 0 Å². The van der Waals surface area contributed by atoms with Gasteiger partial charge in [-0.1, -0.05) is 40.2 Å². The van der Waals surface area contributed by atoms with E-state index >= 15 is 0 Å². The van der Waals surface area contributed by atoms with Gasteiger partial charge in [0.05, 0.1) is 15.2 Å². The summed E-state index contributed by atoms with van der Waals surface area (Å²) in [6, 6.07) is 16.4. The molecule has 0 aliphatic rings. The molecule has 0 saturated carbocycles. The molecule has 3 nitrogen and oxygen atoms in total. The van der Waals surface area contributed by atoms with Gasteiger partial charge in [0.2, 0.25) is 5.91 Å². The summed E-state index contributed by atoms with van der Waals surface area (Å²) in [7, 11) is 0. The lowest BCUT2D eigenvalue weighted by Crippen LogP contribution is -2.34. The summed E-state index contributed by atoms with van der Waals surface area (Å²) in [6.45, 7) is 2.04. The van der Waals surface area contributed by atoms with E-state index in [9.17, 15) is 4.79 Å². The quantitative estimate of drug-likeness (QED) is 0.646. The Morgan fingerprint density at radius 3 is 2.71 bits per heavy atom. The van der Waals surface area contributed by atoms with Crippen molar-refractivity contribution in [2.45, 2.75) is 32.2 Å². The smallest absolute Gasteiger partial charge is 0.220 e. The van der Waals surface area contributed by atoms with Gasteiger partial charge >= 0.3 is 0 Å². The van der Waals surface area contributed by atoms with E-state index in [0.29, 0.717) is 12.8 Å². The molecule has 2 aromatic carbocycles. The van der Waals surface area contributed by atoms with Crippen LogP contribution in [0, 0.1) is 0 Å². The van der Waals surface area contributed by atoms with Crippen molar-refractivity contribution in [2.75, 3.05) is 0 Å². The molecule has 1 unspecified atom stereocenters. The molecule has 1 N–H and O–H groups in total. The Kier molecular flexibility index (Phi) is 5.63. The number of para-hydroxylation sites is 1. The molecule has 124 valence electrons. The summed E-state index contributed by atoms with van der Waals surface area (Å²) in [5.41, 5.74) is 2.23. The monoisotopic (exact) mass is 402 g/mol. The van der Waals surface area contributed by atoms with Gasteiger partial charge in [0.1, 0.15) is 0 Å². The zero-order chi connectivity index (χ0) is 16.9. The van der Waals surface area contributed by atoms with Crippen molar-refractivity contribution < 1.29 is 4.79 Å². The first kappa shape index (κ1) is 17.1. The molecule has 0 fully saturated rings. The number of hydrogen-bond acceptors (Lipinski definition) is 3. The Labute approximate surface area is 154 Å². The van der Waals surface area contributed by atoms with Crippen LogP contribution < -0.4 is 5.32 Å². The molecule has 1 atom stereocenters. The maximum atomic E-state index is 12.1. The molecule has 3 rings (SSSR count). The van der Waals surface area contributed by atoms with Crippen LogP contribution in [0.2, 0.25) is 0 Å². The topological polar surface area (TPSA) is 42.0 Å². The number of hydrogen-bond donors (Lipinski definition) is 1. The second kappa shape index (κ2) is 7.90. The Bertz CT molecular complexity index is 796. The van der Waals surface area contributed by atoms with Gasteiger partial charge in [0.25, 0.3) is 0 Å². The van der Waals surface area contributed by atoms with Crippen molar-refractivity contribution in [3.63, 3.8) is 0 Å². The normalized spacial score (nSPS) is 12.2. The van der Waals surface area contributed by atoms with Crippen LogP contribution in [0.3, 0.4) is 0 Å². The third-order valence-electron chi connectivity index (χ3n) is 3.77. The fraction of sp³-hybridized carbons (Fsp3) is 0.263. The molecule has 5 heteroatoms. The fourth-order valence-corrected chi connectivity index (χ4v) is 3.85. The Balaban J connectivity index is 1.48. The summed E-state index contributed by atoms with van der Waals surface area (Å²) < 4.78 is 2.25. The van der Waals surface area contributed by atoms with E-state index in [-0.39, 0.29) is 11.9 Å². The molecule has 0 aliphatic heterocycles. The molecule has 1 amide bonds. The van der Waals surface area contributed by atoms with Crippen molar-refractivity contribution >= 4 is 43.4 Å². The van der Waals surface area contributed by atoms with Crippen molar-refractivity contribution in [3.05, 3.63) is 63.6 Å². The van der Waals surface area contributed by atoms with Gasteiger partial charge in [-0.05, 0) is 43.2 Å². The highest BCUT2D eigenvalue weighted by Crippen LogP contribution is 2.22. The molecule has 24 heavy (non-hydrogen) atoms. The van der Waals surface area contributed by atoms with E-state index in [1.807, 2.05) is 37.3 Å². The second-order valence-electron chi connectivity index (χ2n) is 5.87. The van der Waals surface area contributed by atoms with Crippen LogP contribution in [0.15, 0.2) is 53.0 Å². The minimum absolute atomic E-state index is 0.0823. The summed E-state index contributed by atoms with van der Waals surface area (Å²) in [5.74, 6) is 0.0823. The van der Waals surface area contributed by atoms with E-state index in [4.69, 9.17) is 0 Å². The largest absolute Gasteiger partial charge is 0.353 e. The molecule has 1 aromatic heterocycles. The van der Waals surface area contributed by atoms with Gasteiger partial charge in [-0.25, -0.2) is 4.98 Å². The Morgan fingerprint density at radius 2 is 1.96 bits per heavy atom. The van der Waals surface area contributed by atoms with Gasteiger partial charge in [0.15, 0.2) is 0 Å². The number of aryl methyl sites for hydroxylation is 1. The number of nitrogens with one attached hydrogen (secondary N) is 1. The maximum absolute atomic E-state index is 12.1. The van der Waals surface area contributed by atoms with Crippen LogP contribution in [-0.2, 0) is 17.6 Å². The minimum atomic E-state index is 0.0823. The van der Waals surface area contributed by atoms with Gasteiger partial charge in [0, 0.05) is 23.4 Å². The number of nitrogens with zero attached hydrogens (tertiary/aromatic N) is 1.